The number of carboxylic acid groups (broad SMARTS) is 1. The molecule has 1 aliphatic rings. The molecule has 0 saturated carbocycles. The van der Waals surface area contributed by atoms with E-state index in [1.54, 1.807) is 12.1 Å². The van der Waals surface area contributed by atoms with E-state index in [9.17, 15) is 4.79 Å². The summed E-state index contributed by atoms with van der Waals surface area (Å²) >= 11 is 0. The van der Waals surface area contributed by atoms with E-state index in [4.69, 9.17) is 5.11 Å². The van der Waals surface area contributed by atoms with E-state index < -0.39 is 5.97 Å². The predicted octanol–water partition coefficient (Wildman–Crippen LogP) is 2.77. The molecule has 2 aromatic rings. The van der Waals surface area contributed by atoms with Crippen LogP contribution in [0.5, 0.6) is 0 Å². The summed E-state index contributed by atoms with van der Waals surface area (Å²) in [5.74, 6) is 0.691. The fourth-order valence-electron chi connectivity index (χ4n) is 3.32. The molecule has 3 rings (SSSR count). The first-order valence-electron chi connectivity index (χ1n) is 8.17. The number of nitrogens with zero attached hydrogens (tertiary/aromatic N) is 3. The van der Waals surface area contributed by atoms with Crippen molar-refractivity contribution in [1.29, 1.82) is 0 Å². The van der Waals surface area contributed by atoms with Gasteiger partial charge >= 0.3 is 5.97 Å². The molecular formula is C18H23N3O2. The van der Waals surface area contributed by atoms with Gasteiger partial charge in [-0.1, -0.05) is 12.1 Å². The van der Waals surface area contributed by atoms with E-state index >= 15 is 0 Å². The molecule has 1 N–H and O–H groups in total. The number of piperidine rings is 1. The maximum absolute atomic E-state index is 11.0. The van der Waals surface area contributed by atoms with Crippen molar-refractivity contribution in [2.24, 2.45) is 0 Å². The summed E-state index contributed by atoms with van der Waals surface area (Å²) < 4.78 is 2.19. The van der Waals surface area contributed by atoms with Gasteiger partial charge in [-0.05, 0) is 49.9 Å². The van der Waals surface area contributed by atoms with Crippen LogP contribution in [0, 0.1) is 6.92 Å². The zero-order valence-corrected chi connectivity index (χ0v) is 13.5. The monoisotopic (exact) mass is 313 g/mol. The maximum Gasteiger partial charge on any atom is 0.335 e. The summed E-state index contributed by atoms with van der Waals surface area (Å²) in [6.07, 6.45) is 6.24. The molecule has 1 aromatic heterocycles. The van der Waals surface area contributed by atoms with E-state index in [1.807, 2.05) is 31.5 Å². The lowest BCUT2D eigenvalue weighted by Gasteiger charge is -2.33. The highest BCUT2D eigenvalue weighted by Gasteiger charge is 2.21. The van der Waals surface area contributed by atoms with E-state index in [0.717, 1.165) is 32.0 Å². The van der Waals surface area contributed by atoms with Gasteiger partial charge in [0.1, 0.15) is 5.82 Å². The second-order valence-corrected chi connectivity index (χ2v) is 6.23. The molecule has 0 bridgehead atoms. The van der Waals surface area contributed by atoms with Crippen LogP contribution < -0.4 is 0 Å². The van der Waals surface area contributed by atoms with Crippen molar-refractivity contribution < 1.29 is 9.90 Å². The number of aromatic nitrogens is 2. The quantitative estimate of drug-likeness (QED) is 0.922. The minimum absolute atomic E-state index is 0.358. The van der Waals surface area contributed by atoms with Crippen LogP contribution in [0.25, 0.3) is 0 Å². The number of rotatable bonds is 5. The van der Waals surface area contributed by atoms with Gasteiger partial charge in [0.05, 0.1) is 5.56 Å². The largest absolute Gasteiger partial charge is 0.478 e. The maximum atomic E-state index is 11.0. The third-order valence-electron chi connectivity index (χ3n) is 4.72. The van der Waals surface area contributed by atoms with E-state index in [2.05, 4.69) is 14.5 Å². The Bertz CT molecular complexity index is 663. The second kappa shape index (κ2) is 6.96. The summed E-state index contributed by atoms with van der Waals surface area (Å²) in [7, 11) is 0. The molecule has 1 saturated heterocycles. The Hall–Kier alpha value is -2.14. The van der Waals surface area contributed by atoms with Gasteiger partial charge in [-0.3, -0.25) is 0 Å². The molecule has 0 radical (unpaired) electrons. The zero-order valence-electron chi connectivity index (χ0n) is 13.5. The number of hydrogen-bond acceptors (Lipinski definition) is 3. The van der Waals surface area contributed by atoms with Crippen LogP contribution in [0.1, 0.15) is 40.5 Å². The van der Waals surface area contributed by atoms with Crippen LogP contribution in [0.15, 0.2) is 36.7 Å². The summed E-state index contributed by atoms with van der Waals surface area (Å²) in [5.41, 5.74) is 1.61. The Morgan fingerprint density at radius 3 is 2.74 bits per heavy atom. The minimum Gasteiger partial charge on any atom is -0.478 e. The lowest BCUT2D eigenvalue weighted by Crippen LogP contribution is -2.36. The fraction of sp³-hybridized carbons (Fsp3) is 0.444. The molecule has 0 spiro atoms. The van der Waals surface area contributed by atoms with Crippen LogP contribution in [0.2, 0.25) is 0 Å². The van der Waals surface area contributed by atoms with Crippen molar-refractivity contribution in [3.63, 3.8) is 0 Å². The minimum atomic E-state index is -0.863. The van der Waals surface area contributed by atoms with Crippen LogP contribution in [0.3, 0.4) is 0 Å². The summed E-state index contributed by atoms with van der Waals surface area (Å²) in [6.45, 7) is 6.21. The van der Waals surface area contributed by atoms with Gasteiger partial charge in [0.25, 0.3) is 0 Å². The molecule has 1 aliphatic heterocycles. The lowest BCUT2D eigenvalue weighted by molar-refractivity contribution is 0.0697. The third-order valence-corrected chi connectivity index (χ3v) is 4.72. The number of carboxylic acids is 1. The topological polar surface area (TPSA) is 58.4 Å². The molecule has 1 atom stereocenters. The molecule has 122 valence electrons. The van der Waals surface area contributed by atoms with Gasteiger partial charge in [0.15, 0.2) is 0 Å². The third kappa shape index (κ3) is 3.79. The summed E-state index contributed by atoms with van der Waals surface area (Å²) in [6, 6.07) is 7.37. The SMILES string of the molecule is Cc1nccn1CCN1CCC[C@H](c2ccc(C(=O)O)cc2)C1. The first-order valence-corrected chi connectivity index (χ1v) is 8.17. The average molecular weight is 313 g/mol. The average Bonchev–Trinajstić information content (AvgIpc) is 2.98. The first kappa shape index (κ1) is 15.7. The van der Waals surface area contributed by atoms with Crippen molar-refractivity contribution in [3.05, 3.63) is 53.6 Å². The second-order valence-electron chi connectivity index (χ2n) is 6.23. The molecular weight excluding hydrogens is 290 g/mol. The van der Waals surface area contributed by atoms with E-state index in [-0.39, 0.29) is 0 Å². The number of aromatic carboxylic acids is 1. The molecule has 0 aliphatic carbocycles. The van der Waals surface area contributed by atoms with Gasteiger partial charge in [0, 0.05) is 32.0 Å². The number of imidazole rings is 1. The number of hydrogen-bond donors (Lipinski definition) is 1. The summed E-state index contributed by atoms with van der Waals surface area (Å²) in [5, 5.41) is 9.00. The highest BCUT2D eigenvalue weighted by Crippen LogP contribution is 2.27. The van der Waals surface area contributed by atoms with Crippen LogP contribution in [-0.2, 0) is 6.54 Å². The fourth-order valence-corrected chi connectivity index (χ4v) is 3.32. The highest BCUT2D eigenvalue weighted by molar-refractivity contribution is 5.87. The van der Waals surface area contributed by atoms with E-state index in [0.29, 0.717) is 11.5 Å². The van der Waals surface area contributed by atoms with Crippen LogP contribution in [-0.4, -0.2) is 45.2 Å². The molecule has 5 heteroatoms. The number of benzene rings is 1. The molecule has 0 unspecified atom stereocenters. The van der Waals surface area contributed by atoms with Crippen molar-refractivity contribution >= 4 is 5.97 Å². The Labute approximate surface area is 136 Å². The van der Waals surface area contributed by atoms with Crippen molar-refractivity contribution in [1.82, 2.24) is 14.5 Å². The predicted molar refractivity (Wildman–Crippen MR) is 88.8 cm³/mol. The van der Waals surface area contributed by atoms with Gasteiger partial charge in [0.2, 0.25) is 0 Å². The molecule has 1 aromatic carbocycles. The Morgan fingerprint density at radius 2 is 2.09 bits per heavy atom. The molecule has 0 amide bonds. The standard InChI is InChI=1S/C18H23N3O2/c1-14-19-8-10-21(14)12-11-20-9-2-3-17(13-20)15-4-6-16(7-5-15)18(22)23/h4-8,10,17H,2-3,9,11-13H2,1H3,(H,22,23)/t17-/m0/s1. The van der Waals surface area contributed by atoms with Gasteiger partial charge in [-0.25, -0.2) is 9.78 Å². The summed E-state index contributed by atoms with van der Waals surface area (Å²) in [4.78, 5) is 17.7. The van der Waals surface area contributed by atoms with Crippen LogP contribution >= 0.6 is 0 Å². The Kier molecular flexibility index (Phi) is 4.76. The van der Waals surface area contributed by atoms with Gasteiger partial charge < -0.3 is 14.6 Å². The van der Waals surface area contributed by atoms with Crippen molar-refractivity contribution in [2.45, 2.75) is 32.2 Å². The lowest BCUT2D eigenvalue weighted by atomic mass is 9.90. The van der Waals surface area contributed by atoms with Gasteiger partial charge in [-0.15, -0.1) is 0 Å². The van der Waals surface area contributed by atoms with Crippen molar-refractivity contribution in [3.8, 4) is 0 Å². The molecule has 5 nitrogen and oxygen atoms in total. The Balaban J connectivity index is 1.59. The van der Waals surface area contributed by atoms with Gasteiger partial charge in [-0.2, -0.15) is 0 Å². The van der Waals surface area contributed by atoms with Crippen molar-refractivity contribution in [2.75, 3.05) is 19.6 Å². The smallest absolute Gasteiger partial charge is 0.335 e. The first-order chi connectivity index (χ1) is 11.1. The molecule has 23 heavy (non-hydrogen) atoms. The van der Waals surface area contributed by atoms with Crippen LogP contribution in [0.4, 0.5) is 0 Å². The molecule has 2 heterocycles. The number of likely N-dealkylation sites (tertiary alicyclic amines) is 1. The Morgan fingerprint density at radius 1 is 1.30 bits per heavy atom. The van der Waals surface area contributed by atoms with E-state index in [1.165, 1.54) is 18.4 Å². The number of carbonyl (C=O) groups is 1. The normalized spacial score (nSPS) is 18.9. The zero-order chi connectivity index (χ0) is 16.2. The highest BCUT2D eigenvalue weighted by atomic mass is 16.4. The number of aryl methyl sites for hydroxylation is 1. The molecule has 1 fully saturated rings.